The highest BCUT2D eigenvalue weighted by Crippen LogP contribution is 2.24. The van der Waals surface area contributed by atoms with E-state index in [1.54, 1.807) is 18.3 Å². The SMILES string of the molecule is CCN(Cc1ccccc1)C(=O)CSc1ncccc1Cl. The van der Waals surface area contributed by atoms with Crippen LogP contribution in [0.5, 0.6) is 0 Å². The van der Waals surface area contributed by atoms with Crippen LogP contribution in [-0.4, -0.2) is 28.1 Å². The summed E-state index contributed by atoms with van der Waals surface area (Å²) in [7, 11) is 0. The molecule has 0 saturated carbocycles. The van der Waals surface area contributed by atoms with Crippen LogP contribution >= 0.6 is 23.4 Å². The van der Waals surface area contributed by atoms with Crippen LogP contribution in [0.4, 0.5) is 0 Å². The zero-order valence-corrected chi connectivity index (χ0v) is 13.4. The Morgan fingerprint density at radius 1 is 1.24 bits per heavy atom. The zero-order chi connectivity index (χ0) is 15.1. The van der Waals surface area contributed by atoms with Gasteiger partial charge in [-0.3, -0.25) is 4.79 Å². The van der Waals surface area contributed by atoms with Gasteiger partial charge in [0.05, 0.1) is 10.8 Å². The normalized spacial score (nSPS) is 10.4. The molecule has 0 atom stereocenters. The second kappa shape index (κ2) is 8.05. The lowest BCUT2D eigenvalue weighted by Gasteiger charge is -2.20. The molecule has 0 unspecified atom stereocenters. The van der Waals surface area contributed by atoms with E-state index in [2.05, 4.69) is 4.98 Å². The first kappa shape index (κ1) is 15.9. The Morgan fingerprint density at radius 3 is 2.67 bits per heavy atom. The number of halogens is 1. The molecule has 5 heteroatoms. The van der Waals surface area contributed by atoms with Crippen molar-refractivity contribution >= 4 is 29.3 Å². The summed E-state index contributed by atoms with van der Waals surface area (Å²) in [4.78, 5) is 18.3. The highest BCUT2D eigenvalue weighted by Gasteiger charge is 2.13. The number of aromatic nitrogens is 1. The molecule has 0 aliphatic carbocycles. The topological polar surface area (TPSA) is 33.2 Å². The van der Waals surface area contributed by atoms with Gasteiger partial charge in [0.15, 0.2) is 0 Å². The third-order valence-electron chi connectivity index (χ3n) is 3.01. The van der Waals surface area contributed by atoms with Gasteiger partial charge in [-0.15, -0.1) is 0 Å². The summed E-state index contributed by atoms with van der Waals surface area (Å²) in [5.74, 6) is 0.435. The van der Waals surface area contributed by atoms with Crippen LogP contribution in [0.3, 0.4) is 0 Å². The fourth-order valence-corrected chi connectivity index (χ4v) is 2.95. The van der Waals surface area contributed by atoms with Gasteiger partial charge in [0, 0.05) is 19.3 Å². The summed E-state index contributed by atoms with van der Waals surface area (Å²) in [5.41, 5.74) is 1.13. The van der Waals surface area contributed by atoms with Gasteiger partial charge >= 0.3 is 0 Å². The molecule has 110 valence electrons. The zero-order valence-electron chi connectivity index (χ0n) is 11.8. The molecule has 2 aromatic rings. The van der Waals surface area contributed by atoms with Crippen molar-refractivity contribution in [3.8, 4) is 0 Å². The minimum Gasteiger partial charge on any atom is -0.338 e. The fraction of sp³-hybridized carbons (Fsp3) is 0.250. The molecular weight excluding hydrogens is 304 g/mol. The van der Waals surface area contributed by atoms with Crippen LogP contribution in [0, 0.1) is 0 Å². The molecule has 21 heavy (non-hydrogen) atoms. The summed E-state index contributed by atoms with van der Waals surface area (Å²) in [5, 5.41) is 1.28. The number of thioether (sulfide) groups is 1. The predicted octanol–water partition coefficient (Wildman–Crippen LogP) is 3.88. The third kappa shape index (κ3) is 4.76. The fourth-order valence-electron chi connectivity index (χ4n) is 1.88. The van der Waals surface area contributed by atoms with E-state index in [0.717, 1.165) is 5.56 Å². The molecule has 1 heterocycles. The summed E-state index contributed by atoms with van der Waals surface area (Å²) in [6.45, 7) is 3.30. The molecule has 1 aromatic heterocycles. The molecule has 1 aromatic carbocycles. The van der Waals surface area contributed by atoms with Gasteiger partial charge in [0.1, 0.15) is 5.03 Å². The van der Waals surface area contributed by atoms with E-state index in [4.69, 9.17) is 11.6 Å². The summed E-state index contributed by atoms with van der Waals surface area (Å²) < 4.78 is 0. The van der Waals surface area contributed by atoms with E-state index < -0.39 is 0 Å². The summed E-state index contributed by atoms with van der Waals surface area (Å²) in [6.07, 6.45) is 1.68. The average Bonchev–Trinajstić information content (AvgIpc) is 2.52. The van der Waals surface area contributed by atoms with Gasteiger partial charge in [-0.25, -0.2) is 4.98 Å². The smallest absolute Gasteiger partial charge is 0.233 e. The van der Waals surface area contributed by atoms with Gasteiger partial charge in [0.25, 0.3) is 0 Å². The Labute approximate surface area is 134 Å². The van der Waals surface area contributed by atoms with Crippen molar-refractivity contribution in [3.05, 3.63) is 59.2 Å². The van der Waals surface area contributed by atoms with Crippen LogP contribution in [-0.2, 0) is 11.3 Å². The van der Waals surface area contributed by atoms with Crippen molar-refractivity contribution in [2.45, 2.75) is 18.5 Å². The maximum Gasteiger partial charge on any atom is 0.233 e. The van der Waals surface area contributed by atoms with Gasteiger partial charge in [-0.2, -0.15) is 0 Å². The number of hydrogen-bond acceptors (Lipinski definition) is 3. The molecule has 0 N–H and O–H groups in total. The predicted molar refractivity (Wildman–Crippen MR) is 87.5 cm³/mol. The van der Waals surface area contributed by atoms with Crippen molar-refractivity contribution in [2.75, 3.05) is 12.3 Å². The van der Waals surface area contributed by atoms with Gasteiger partial charge in [-0.1, -0.05) is 53.7 Å². The van der Waals surface area contributed by atoms with E-state index in [0.29, 0.717) is 28.9 Å². The van der Waals surface area contributed by atoms with E-state index in [1.807, 2.05) is 42.2 Å². The number of hydrogen-bond donors (Lipinski definition) is 0. The van der Waals surface area contributed by atoms with E-state index in [-0.39, 0.29) is 5.91 Å². The average molecular weight is 321 g/mol. The van der Waals surface area contributed by atoms with Crippen molar-refractivity contribution < 1.29 is 4.79 Å². The molecule has 0 aliphatic rings. The minimum absolute atomic E-state index is 0.0908. The Bertz CT molecular complexity index is 592. The maximum atomic E-state index is 12.3. The first-order chi connectivity index (χ1) is 10.2. The lowest BCUT2D eigenvalue weighted by molar-refractivity contribution is -0.128. The quantitative estimate of drug-likeness (QED) is 0.757. The van der Waals surface area contributed by atoms with Gasteiger partial charge < -0.3 is 4.90 Å². The molecule has 0 saturated heterocycles. The van der Waals surface area contributed by atoms with Gasteiger partial charge in [0.2, 0.25) is 5.91 Å². The second-order valence-electron chi connectivity index (χ2n) is 4.47. The lowest BCUT2D eigenvalue weighted by atomic mass is 10.2. The first-order valence-electron chi connectivity index (χ1n) is 6.75. The van der Waals surface area contributed by atoms with E-state index in [1.165, 1.54) is 11.8 Å². The van der Waals surface area contributed by atoms with Crippen LogP contribution in [0.25, 0.3) is 0 Å². The van der Waals surface area contributed by atoms with Crippen LogP contribution in [0.15, 0.2) is 53.7 Å². The minimum atomic E-state index is 0.0908. The summed E-state index contributed by atoms with van der Waals surface area (Å²) >= 11 is 7.42. The van der Waals surface area contributed by atoms with E-state index >= 15 is 0 Å². The van der Waals surface area contributed by atoms with Crippen LogP contribution < -0.4 is 0 Å². The molecule has 0 radical (unpaired) electrons. The van der Waals surface area contributed by atoms with E-state index in [9.17, 15) is 4.79 Å². The third-order valence-corrected chi connectivity index (χ3v) is 4.41. The lowest BCUT2D eigenvalue weighted by Crippen LogP contribution is -2.31. The Hall–Kier alpha value is -1.52. The maximum absolute atomic E-state index is 12.3. The second-order valence-corrected chi connectivity index (χ2v) is 5.84. The molecule has 0 aliphatic heterocycles. The highest BCUT2D eigenvalue weighted by atomic mass is 35.5. The number of amides is 1. The Kier molecular flexibility index (Phi) is 6.08. The number of nitrogens with zero attached hydrogens (tertiary/aromatic N) is 2. The highest BCUT2D eigenvalue weighted by molar-refractivity contribution is 8.00. The number of carbonyl (C=O) groups excluding carboxylic acids is 1. The first-order valence-corrected chi connectivity index (χ1v) is 8.12. The number of carbonyl (C=O) groups is 1. The van der Waals surface area contributed by atoms with Crippen molar-refractivity contribution in [3.63, 3.8) is 0 Å². The van der Waals surface area contributed by atoms with Crippen molar-refractivity contribution in [1.82, 2.24) is 9.88 Å². The largest absolute Gasteiger partial charge is 0.338 e. The molecule has 3 nitrogen and oxygen atoms in total. The molecule has 1 amide bonds. The van der Waals surface area contributed by atoms with Crippen molar-refractivity contribution in [2.24, 2.45) is 0 Å². The monoisotopic (exact) mass is 320 g/mol. The number of pyridine rings is 1. The molecule has 0 fully saturated rings. The Balaban J connectivity index is 1.93. The Morgan fingerprint density at radius 2 is 2.00 bits per heavy atom. The van der Waals surface area contributed by atoms with Crippen LogP contribution in [0.1, 0.15) is 12.5 Å². The number of benzene rings is 1. The molecule has 0 spiro atoms. The van der Waals surface area contributed by atoms with Crippen molar-refractivity contribution in [1.29, 1.82) is 0 Å². The molecule has 2 rings (SSSR count). The van der Waals surface area contributed by atoms with Crippen LogP contribution in [0.2, 0.25) is 5.02 Å². The molecular formula is C16H17ClN2OS. The summed E-state index contributed by atoms with van der Waals surface area (Å²) in [6, 6.07) is 13.6. The standard InChI is InChI=1S/C16H17ClN2OS/c1-2-19(11-13-7-4-3-5-8-13)15(20)12-21-16-14(17)9-6-10-18-16/h3-10H,2,11-12H2,1H3. The number of rotatable bonds is 6. The van der Waals surface area contributed by atoms with Gasteiger partial charge in [-0.05, 0) is 24.6 Å². The molecule has 0 bridgehead atoms.